The molecule has 7 heteroatoms. The third-order valence-corrected chi connectivity index (χ3v) is 9.12. The first-order chi connectivity index (χ1) is 18.7. The zero-order valence-electron chi connectivity index (χ0n) is 25.5. The molecule has 4 atom stereocenters. The minimum Gasteiger partial charge on any atom is -0.379 e. The SMILES string of the molecule is C=C/C(=C/C(C(=S)NC)=C(\C)N(C)C(C)=O)CCc1ccc(/C=C(\C)C(=O)C2C(C)C2C(=S)C(C)N(C)C)cc1. The van der Waals surface area contributed by atoms with Gasteiger partial charge in [-0.05, 0) is 88.1 Å². The van der Waals surface area contributed by atoms with Gasteiger partial charge in [-0.25, -0.2) is 0 Å². The molecule has 1 N–H and O–H groups in total. The number of hydrogen-bond donors (Lipinski definition) is 1. The number of likely N-dealkylation sites (N-methyl/N-ethyl adjacent to an activating group) is 1. The van der Waals surface area contributed by atoms with Crippen LogP contribution in [0, 0.1) is 17.8 Å². The summed E-state index contributed by atoms with van der Waals surface area (Å²) < 4.78 is 0. The van der Waals surface area contributed by atoms with Gasteiger partial charge in [-0.1, -0.05) is 68.3 Å². The van der Waals surface area contributed by atoms with E-state index < -0.39 is 0 Å². The van der Waals surface area contributed by atoms with Crippen LogP contribution in [-0.2, 0) is 16.0 Å². The third kappa shape index (κ3) is 8.38. The molecule has 1 fully saturated rings. The van der Waals surface area contributed by atoms with Gasteiger partial charge in [0.15, 0.2) is 5.78 Å². The molecule has 0 bridgehead atoms. The molecular formula is C33H45N3O2S2. The molecule has 0 spiro atoms. The molecule has 1 saturated carbocycles. The number of amides is 1. The van der Waals surface area contributed by atoms with Crippen LogP contribution in [0.25, 0.3) is 6.08 Å². The number of carbonyl (C=O) groups excluding carboxylic acids is 2. The number of aryl methyl sites for hydroxylation is 1. The van der Waals surface area contributed by atoms with Gasteiger partial charge in [0.05, 0.1) is 0 Å². The van der Waals surface area contributed by atoms with E-state index in [4.69, 9.17) is 24.4 Å². The van der Waals surface area contributed by atoms with E-state index in [1.807, 2.05) is 46.2 Å². The van der Waals surface area contributed by atoms with E-state index in [-0.39, 0.29) is 29.6 Å². The number of allylic oxidation sites excluding steroid dienone is 4. The fourth-order valence-electron chi connectivity index (χ4n) is 4.79. The highest BCUT2D eigenvalue weighted by molar-refractivity contribution is 7.80. The van der Waals surface area contributed by atoms with Crippen LogP contribution in [0.4, 0.5) is 0 Å². The van der Waals surface area contributed by atoms with Gasteiger partial charge in [0.2, 0.25) is 5.91 Å². The van der Waals surface area contributed by atoms with Crippen molar-refractivity contribution in [2.24, 2.45) is 17.8 Å². The number of thiocarbonyl (C=S) groups is 2. The maximum Gasteiger partial charge on any atom is 0.223 e. The van der Waals surface area contributed by atoms with Crippen LogP contribution in [-0.4, -0.2) is 65.6 Å². The maximum atomic E-state index is 13.2. The van der Waals surface area contributed by atoms with Crippen LogP contribution >= 0.6 is 24.4 Å². The monoisotopic (exact) mass is 579 g/mol. The van der Waals surface area contributed by atoms with E-state index in [0.717, 1.165) is 45.7 Å². The second-order valence-electron chi connectivity index (χ2n) is 11.0. The largest absolute Gasteiger partial charge is 0.379 e. The average Bonchev–Trinajstić information content (AvgIpc) is 3.61. The summed E-state index contributed by atoms with van der Waals surface area (Å²) in [7, 11) is 7.56. The number of benzene rings is 1. The molecule has 0 heterocycles. The summed E-state index contributed by atoms with van der Waals surface area (Å²) in [4.78, 5) is 30.3. The number of hydrogen-bond acceptors (Lipinski definition) is 5. The molecule has 0 aliphatic heterocycles. The minimum atomic E-state index is -0.0534. The van der Waals surface area contributed by atoms with Crippen LogP contribution < -0.4 is 5.32 Å². The zero-order chi connectivity index (χ0) is 30.3. The molecule has 1 amide bonds. The van der Waals surface area contributed by atoms with Crippen molar-refractivity contribution in [1.29, 1.82) is 0 Å². The Bertz CT molecular complexity index is 1240. The van der Waals surface area contributed by atoms with E-state index >= 15 is 0 Å². The number of ketones is 1. The van der Waals surface area contributed by atoms with E-state index in [1.165, 1.54) is 12.5 Å². The number of rotatable bonds is 13. The van der Waals surface area contributed by atoms with Crippen molar-refractivity contribution < 1.29 is 9.59 Å². The summed E-state index contributed by atoms with van der Waals surface area (Å²) in [6.45, 7) is 13.5. The molecule has 0 saturated heterocycles. The first-order valence-corrected chi connectivity index (χ1v) is 14.6. The van der Waals surface area contributed by atoms with Gasteiger partial charge in [0.1, 0.15) is 4.99 Å². The van der Waals surface area contributed by atoms with Crippen molar-refractivity contribution in [3.05, 3.63) is 76.5 Å². The predicted molar refractivity (Wildman–Crippen MR) is 176 cm³/mol. The lowest BCUT2D eigenvalue weighted by atomic mass is 9.99. The quantitative estimate of drug-likeness (QED) is 0.171. The van der Waals surface area contributed by atoms with Crippen molar-refractivity contribution >= 4 is 52.1 Å². The van der Waals surface area contributed by atoms with Gasteiger partial charge in [0.25, 0.3) is 0 Å². The van der Waals surface area contributed by atoms with Crippen LogP contribution in [0.2, 0.25) is 0 Å². The Morgan fingerprint density at radius 3 is 2.17 bits per heavy atom. The second kappa shape index (κ2) is 14.8. The summed E-state index contributed by atoms with van der Waals surface area (Å²) in [5.41, 5.74) is 5.59. The lowest BCUT2D eigenvalue weighted by Gasteiger charge is -2.21. The Balaban J connectivity index is 2.11. The van der Waals surface area contributed by atoms with Crippen molar-refractivity contribution in [2.75, 3.05) is 28.2 Å². The molecule has 1 aromatic rings. The highest BCUT2D eigenvalue weighted by atomic mass is 32.1. The van der Waals surface area contributed by atoms with Crippen molar-refractivity contribution in [1.82, 2.24) is 15.1 Å². The molecule has 1 aliphatic carbocycles. The first kappa shape index (κ1) is 33.5. The van der Waals surface area contributed by atoms with Crippen LogP contribution in [0.1, 0.15) is 52.2 Å². The molecule has 216 valence electrons. The summed E-state index contributed by atoms with van der Waals surface area (Å²) in [6, 6.07) is 8.50. The van der Waals surface area contributed by atoms with Crippen molar-refractivity contribution in [3.63, 3.8) is 0 Å². The van der Waals surface area contributed by atoms with Crippen LogP contribution in [0.3, 0.4) is 0 Å². The van der Waals surface area contributed by atoms with Gasteiger partial charge >= 0.3 is 0 Å². The van der Waals surface area contributed by atoms with E-state index in [1.54, 1.807) is 19.0 Å². The summed E-state index contributed by atoms with van der Waals surface area (Å²) in [5.74, 6) is 0.613. The molecule has 4 unspecified atom stereocenters. The average molecular weight is 580 g/mol. The van der Waals surface area contributed by atoms with Crippen LogP contribution in [0.15, 0.2) is 65.4 Å². The Hall–Kier alpha value is -2.74. The predicted octanol–water partition coefficient (Wildman–Crippen LogP) is 6.21. The number of nitrogens with one attached hydrogen (secondary N) is 1. The molecule has 40 heavy (non-hydrogen) atoms. The van der Waals surface area contributed by atoms with Crippen molar-refractivity contribution in [2.45, 2.75) is 53.5 Å². The smallest absolute Gasteiger partial charge is 0.223 e. The molecule has 0 aromatic heterocycles. The standard InChI is InChI=1S/C33H45N3O2S2/c1-11-25(19-28(33(40)34-7)22(4)36(10)24(6)37)12-13-26-14-16-27(17-15-26)18-20(2)31(38)29-21(3)30(29)32(39)23(5)35(8)9/h11,14-19,21,23,29-30H,1,12-13H2,2-10H3,(H,34,40)/b20-18+,25-19-,28-22-. The van der Waals surface area contributed by atoms with Gasteiger partial charge in [-0.15, -0.1) is 0 Å². The van der Waals surface area contributed by atoms with Gasteiger partial charge in [-0.3, -0.25) is 9.59 Å². The lowest BCUT2D eigenvalue weighted by Crippen LogP contribution is -2.33. The van der Waals surface area contributed by atoms with Crippen molar-refractivity contribution in [3.8, 4) is 0 Å². The maximum absolute atomic E-state index is 13.2. The normalized spacial score (nSPS) is 20.4. The molecule has 5 nitrogen and oxygen atoms in total. The van der Waals surface area contributed by atoms with Gasteiger partial charge < -0.3 is 15.1 Å². The Kier molecular flexibility index (Phi) is 12.4. The molecule has 2 rings (SSSR count). The van der Waals surface area contributed by atoms with E-state index in [9.17, 15) is 9.59 Å². The summed E-state index contributed by atoms with van der Waals surface area (Å²) >= 11 is 11.2. The summed E-state index contributed by atoms with van der Waals surface area (Å²) in [6.07, 6.45) is 7.41. The van der Waals surface area contributed by atoms with Gasteiger partial charge in [-0.2, -0.15) is 0 Å². The van der Waals surface area contributed by atoms with Crippen LogP contribution in [0.5, 0.6) is 0 Å². The first-order valence-electron chi connectivity index (χ1n) is 13.8. The second-order valence-corrected chi connectivity index (χ2v) is 11.8. The Morgan fingerprint density at radius 2 is 1.68 bits per heavy atom. The Labute approximate surface area is 252 Å². The molecular weight excluding hydrogens is 535 g/mol. The third-order valence-electron chi connectivity index (χ3n) is 8.08. The minimum absolute atomic E-state index is 0.0110. The molecule has 1 aliphatic rings. The fourth-order valence-corrected chi connectivity index (χ4v) is 5.57. The van der Waals surface area contributed by atoms with Gasteiger partial charge in [0, 0.05) is 55.0 Å². The Morgan fingerprint density at radius 1 is 1.07 bits per heavy atom. The number of carbonyl (C=O) groups is 2. The van der Waals surface area contributed by atoms with E-state index in [2.05, 4.69) is 54.9 Å². The number of Topliss-reactive ketones (excluding diaryl/α,β-unsaturated/α-hetero) is 1. The van der Waals surface area contributed by atoms with E-state index in [0.29, 0.717) is 10.9 Å². The fraction of sp³-hybridized carbons (Fsp3) is 0.455. The number of nitrogens with zero attached hydrogens (tertiary/aromatic N) is 2. The topological polar surface area (TPSA) is 52.7 Å². The molecule has 1 aromatic carbocycles. The zero-order valence-corrected chi connectivity index (χ0v) is 27.1. The molecule has 0 radical (unpaired) electrons. The lowest BCUT2D eigenvalue weighted by molar-refractivity contribution is -0.125. The summed E-state index contributed by atoms with van der Waals surface area (Å²) in [5, 5.41) is 3.02. The highest BCUT2D eigenvalue weighted by Gasteiger charge is 2.54. The highest BCUT2D eigenvalue weighted by Crippen LogP contribution is 2.49.